The Labute approximate surface area is 130 Å². The lowest BCUT2D eigenvalue weighted by molar-refractivity contribution is 0.251. The van der Waals surface area contributed by atoms with Crippen molar-refractivity contribution in [2.24, 2.45) is 0 Å². The second-order valence-electron chi connectivity index (χ2n) is 5.18. The summed E-state index contributed by atoms with van der Waals surface area (Å²) in [6.07, 6.45) is 0. The topological polar surface area (TPSA) is 64.6 Å². The van der Waals surface area contributed by atoms with Gasteiger partial charge in [-0.15, -0.1) is 0 Å². The summed E-state index contributed by atoms with van der Waals surface area (Å²) in [6.45, 7) is 0.337. The van der Waals surface area contributed by atoms with Gasteiger partial charge in [-0.1, -0.05) is 24.3 Å². The number of nitrogens with one attached hydrogen (secondary N) is 2. The van der Waals surface area contributed by atoms with Crippen molar-refractivity contribution < 1.29 is 9.90 Å². The molecule has 5 heteroatoms. The number of carbonyl (C=O) groups excluding carboxylic acids is 1. The second kappa shape index (κ2) is 7.47. The van der Waals surface area contributed by atoms with Crippen molar-refractivity contribution in [2.75, 3.05) is 24.3 Å². The average molecular weight is 299 g/mol. The number of urea groups is 1. The quantitative estimate of drug-likeness (QED) is 0.795. The molecule has 0 aromatic heterocycles. The van der Waals surface area contributed by atoms with Gasteiger partial charge in [-0.2, -0.15) is 0 Å². The lowest BCUT2D eigenvalue weighted by Crippen LogP contribution is -2.28. The van der Waals surface area contributed by atoms with Crippen LogP contribution in [0.25, 0.3) is 0 Å². The van der Waals surface area contributed by atoms with Crippen LogP contribution in [0.15, 0.2) is 48.5 Å². The molecule has 0 radical (unpaired) electrons. The van der Waals surface area contributed by atoms with E-state index in [9.17, 15) is 9.90 Å². The molecule has 22 heavy (non-hydrogen) atoms. The molecule has 3 N–H and O–H groups in total. The Morgan fingerprint density at radius 1 is 1.05 bits per heavy atom. The number of nitrogens with zero attached hydrogens (tertiary/aromatic N) is 1. The normalized spacial score (nSPS) is 10.1. The highest BCUT2D eigenvalue weighted by molar-refractivity contribution is 5.89. The highest BCUT2D eigenvalue weighted by atomic mass is 16.3. The standard InChI is InChI=1S/C17H21N3O2/c1-20(2)16-9-7-15(8-10-16)19-17(22)18-11-13-5-3-4-6-14(13)12-21/h3-10,21H,11-12H2,1-2H3,(H2,18,19,22). The van der Waals surface area contributed by atoms with Crippen molar-refractivity contribution in [3.8, 4) is 0 Å². The molecular weight excluding hydrogens is 278 g/mol. The van der Waals surface area contributed by atoms with Gasteiger partial charge < -0.3 is 20.6 Å². The van der Waals surface area contributed by atoms with Crippen LogP contribution in [-0.2, 0) is 13.2 Å². The van der Waals surface area contributed by atoms with Crippen molar-refractivity contribution in [1.29, 1.82) is 0 Å². The SMILES string of the molecule is CN(C)c1ccc(NC(=O)NCc2ccccc2CO)cc1. The zero-order valence-electron chi connectivity index (χ0n) is 12.8. The van der Waals surface area contributed by atoms with Gasteiger partial charge in [0.25, 0.3) is 0 Å². The molecule has 2 amide bonds. The predicted molar refractivity (Wildman–Crippen MR) is 89.0 cm³/mol. The molecule has 0 saturated heterocycles. The Morgan fingerprint density at radius 3 is 2.27 bits per heavy atom. The van der Waals surface area contributed by atoms with Gasteiger partial charge in [0.15, 0.2) is 0 Å². The minimum atomic E-state index is -0.273. The van der Waals surface area contributed by atoms with E-state index in [2.05, 4.69) is 10.6 Å². The molecule has 0 aliphatic rings. The van der Waals surface area contributed by atoms with Crippen LogP contribution >= 0.6 is 0 Å². The number of hydrogen-bond acceptors (Lipinski definition) is 3. The third-order valence-corrected chi connectivity index (χ3v) is 3.37. The maximum atomic E-state index is 11.9. The lowest BCUT2D eigenvalue weighted by atomic mass is 10.1. The molecule has 116 valence electrons. The molecule has 0 spiro atoms. The van der Waals surface area contributed by atoms with Gasteiger partial charge in [-0.3, -0.25) is 0 Å². The third-order valence-electron chi connectivity index (χ3n) is 3.37. The maximum absolute atomic E-state index is 11.9. The second-order valence-corrected chi connectivity index (χ2v) is 5.18. The van der Waals surface area contributed by atoms with E-state index < -0.39 is 0 Å². The number of amides is 2. The monoisotopic (exact) mass is 299 g/mol. The van der Waals surface area contributed by atoms with Gasteiger partial charge in [0.05, 0.1) is 6.61 Å². The summed E-state index contributed by atoms with van der Waals surface area (Å²) in [5.41, 5.74) is 3.53. The zero-order chi connectivity index (χ0) is 15.9. The van der Waals surface area contributed by atoms with Crippen LogP contribution in [0.3, 0.4) is 0 Å². The summed E-state index contributed by atoms with van der Waals surface area (Å²) in [5, 5.41) is 14.8. The van der Waals surface area contributed by atoms with E-state index in [0.29, 0.717) is 6.54 Å². The summed E-state index contributed by atoms with van der Waals surface area (Å²) in [7, 11) is 3.93. The summed E-state index contributed by atoms with van der Waals surface area (Å²) in [6, 6.07) is 14.8. The molecule has 2 rings (SSSR count). The van der Waals surface area contributed by atoms with Crippen molar-refractivity contribution in [3.63, 3.8) is 0 Å². The summed E-state index contributed by atoms with van der Waals surface area (Å²) in [4.78, 5) is 13.9. The van der Waals surface area contributed by atoms with Gasteiger partial charge >= 0.3 is 6.03 Å². The number of benzene rings is 2. The minimum Gasteiger partial charge on any atom is -0.392 e. The summed E-state index contributed by atoms with van der Waals surface area (Å²) >= 11 is 0. The third kappa shape index (κ3) is 4.23. The molecule has 0 bridgehead atoms. The Hall–Kier alpha value is -2.53. The smallest absolute Gasteiger partial charge is 0.319 e. The van der Waals surface area contributed by atoms with Crippen LogP contribution in [-0.4, -0.2) is 25.2 Å². The number of aliphatic hydroxyl groups excluding tert-OH is 1. The fourth-order valence-corrected chi connectivity index (χ4v) is 2.08. The van der Waals surface area contributed by atoms with E-state index in [4.69, 9.17) is 0 Å². The Bertz CT molecular complexity index is 624. The van der Waals surface area contributed by atoms with Crippen LogP contribution in [0.5, 0.6) is 0 Å². The van der Waals surface area contributed by atoms with Crippen LogP contribution in [0.2, 0.25) is 0 Å². The molecule has 0 aliphatic carbocycles. The van der Waals surface area contributed by atoms with Crippen LogP contribution in [0.1, 0.15) is 11.1 Å². The number of carbonyl (C=O) groups is 1. The van der Waals surface area contributed by atoms with Gasteiger partial charge in [-0.25, -0.2) is 4.79 Å². The molecule has 0 atom stereocenters. The van der Waals surface area contributed by atoms with Crippen molar-refractivity contribution in [1.82, 2.24) is 5.32 Å². The molecule has 0 saturated carbocycles. The Kier molecular flexibility index (Phi) is 5.38. The van der Waals surface area contributed by atoms with E-state index in [1.807, 2.05) is 67.5 Å². The van der Waals surface area contributed by atoms with E-state index in [1.165, 1.54) is 0 Å². The van der Waals surface area contributed by atoms with Gasteiger partial charge in [0.1, 0.15) is 0 Å². The van der Waals surface area contributed by atoms with Crippen molar-refractivity contribution >= 4 is 17.4 Å². The zero-order valence-corrected chi connectivity index (χ0v) is 12.8. The average Bonchev–Trinajstić information content (AvgIpc) is 2.53. The lowest BCUT2D eigenvalue weighted by Gasteiger charge is -2.13. The van der Waals surface area contributed by atoms with Crippen LogP contribution < -0.4 is 15.5 Å². The van der Waals surface area contributed by atoms with E-state index in [0.717, 1.165) is 22.5 Å². The first-order valence-electron chi connectivity index (χ1n) is 7.10. The first-order chi connectivity index (χ1) is 10.6. The van der Waals surface area contributed by atoms with Crippen molar-refractivity contribution in [3.05, 3.63) is 59.7 Å². The molecule has 0 aliphatic heterocycles. The number of anilines is 2. The molecule has 0 fully saturated rings. The van der Waals surface area contributed by atoms with E-state index in [-0.39, 0.29) is 12.6 Å². The fraction of sp³-hybridized carbons (Fsp3) is 0.235. The highest BCUT2D eigenvalue weighted by Gasteiger charge is 2.05. The first-order valence-corrected chi connectivity index (χ1v) is 7.10. The number of rotatable bonds is 5. The largest absolute Gasteiger partial charge is 0.392 e. The van der Waals surface area contributed by atoms with Crippen molar-refractivity contribution in [2.45, 2.75) is 13.2 Å². The number of aliphatic hydroxyl groups is 1. The Morgan fingerprint density at radius 2 is 1.68 bits per heavy atom. The minimum absolute atomic E-state index is 0.0362. The molecular formula is C17H21N3O2. The van der Waals surface area contributed by atoms with E-state index >= 15 is 0 Å². The molecule has 0 unspecified atom stereocenters. The molecule has 2 aromatic carbocycles. The van der Waals surface area contributed by atoms with Crippen LogP contribution in [0.4, 0.5) is 16.2 Å². The molecule has 5 nitrogen and oxygen atoms in total. The maximum Gasteiger partial charge on any atom is 0.319 e. The predicted octanol–water partition coefficient (Wildman–Crippen LogP) is 2.57. The van der Waals surface area contributed by atoms with E-state index in [1.54, 1.807) is 0 Å². The highest BCUT2D eigenvalue weighted by Crippen LogP contribution is 2.15. The fourth-order valence-electron chi connectivity index (χ4n) is 2.08. The summed E-state index contributed by atoms with van der Waals surface area (Å²) < 4.78 is 0. The first kappa shape index (κ1) is 15.9. The molecule has 2 aromatic rings. The number of hydrogen-bond donors (Lipinski definition) is 3. The van der Waals surface area contributed by atoms with Gasteiger partial charge in [0, 0.05) is 32.0 Å². The Balaban J connectivity index is 1.90. The van der Waals surface area contributed by atoms with Gasteiger partial charge in [0.2, 0.25) is 0 Å². The molecule has 0 heterocycles. The summed E-state index contributed by atoms with van der Waals surface area (Å²) in [5.74, 6) is 0. The van der Waals surface area contributed by atoms with Gasteiger partial charge in [-0.05, 0) is 35.4 Å². The van der Waals surface area contributed by atoms with Crippen LogP contribution in [0, 0.1) is 0 Å².